The molecule has 0 saturated heterocycles. The van der Waals surface area contributed by atoms with Gasteiger partial charge in [-0.2, -0.15) is 5.26 Å². The minimum absolute atomic E-state index is 0.0842. The highest BCUT2D eigenvalue weighted by Gasteiger charge is 2.18. The van der Waals surface area contributed by atoms with E-state index in [0.717, 1.165) is 6.26 Å². The number of hydrogen-bond acceptors (Lipinski definition) is 9. The number of rotatable bonds is 8. The Morgan fingerprint density at radius 3 is 2.68 bits per heavy atom. The maximum absolute atomic E-state index is 13.9. The van der Waals surface area contributed by atoms with E-state index in [2.05, 4.69) is 15.5 Å². The number of anilines is 1. The van der Waals surface area contributed by atoms with Gasteiger partial charge in [-0.15, -0.1) is 10.2 Å². The van der Waals surface area contributed by atoms with Crippen molar-refractivity contribution in [2.45, 2.75) is 10.9 Å². The molecule has 1 heterocycles. The molecule has 0 radical (unpaired) electrons. The number of carbonyl (C=O) groups excluding carboxylic acids is 1. The summed E-state index contributed by atoms with van der Waals surface area (Å²) in [7, 11) is -2.20. The van der Waals surface area contributed by atoms with Gasteiger partial charge in [-0.25, -0.2) is 12.8 Å². The second kappa shape index (κ2) is 10.6. The van der Waals surface area contributed by atoms with Crippen LogP contribution in [-0.2, 0) is 21.2 Å². The molecule has 3 rings (SSSR count). The topological polar surface area (TPSA) is 131 Å². The van der Waals surface area contributed by atoms with Crippen molar-refractivity contribution in [1.29, 1.82) is 5.26 Å². The number of amides is 1. The van der Waals surface area contributed by atoms with Crippen molar-refractivity contribution >= 4 is 49.9 Å². The Morgan fingerprint density at radius 2 is 2.06 bits per heavy atom. The van der Waals surface area contributed by atoms with Crippen molar-refractivity contribution in [3.8, 4) is 17.6 Å². The van der Waals surface area contributed by atoms with Gasteiger partial charge in [0, 0.05) is 11.8 Å². The largest absolute Gasteiger partial charge is 0.493 e. The Balaban J connectivity index is 1.82. The molecule has 3 aromatic rings. The maximum Gasteiger partial charge on any atom is 0.268 e. The quantitative estimate of drug-likeness (QED) is 0.268. The summed E-state index contributed by atoms with van der Waals surface area (Å²) < 4.78 is 47.5. The van der Waals surface area contributed by atoms with Crippen LogP contribution in [0.5, 0.6) is 11.5 Å². The standard InChI is InChI=1S/C21H16ClFN4O5S2/c1-31-17-9-12(8-15(22)18(17)32-11-13-5-3-4-6-16(13)23)7-14(10-24)19(28)25-20-26-27-21(33-20)34(2,29)30/h3-9H,11H2,1-2H3,(H,25,26,28)/b14-7-. The number of sulfone groups is 1. The molecule has 176 valence electrons. The van der Waals surface area contributed by atoms with Gasteiger partial charge in [0.2, 0.25) is 19.3 Å². The minimum Gasteiger partial charge on any atom is -0.493 e. The fraction of sp³-hybridized carbons (Fsp3) is 0.143. The third kappa shape index (κ3) is 6.07. The Labute approximate surface area is 203 Å². The Kier molecular flexibility index (Phi) is 7.83. The van der Waals surface area contributed by atoms with Gasteiger partial charge in [-0.1, -0.05) is 41.1 Å². The first-order chi connectivity index (χ1) is 16.1. The van der Waals surface area contributed by atoms with Crippen LogP contribution in [0.25, 0.3) is 6.08 Å². The molecule has 9 nitrogen and oxygen atoms in total. The highest BCUT2D eigenvalue weighted by Crippen LogP contribution is 2.37. The lowest BCUT2D eigenvalue weighted by molar-refractivity contribution is -0.112. The van der Waals surface area contributed by atoms with Crippen LogP contribution in [0, 0.1) is 17.1 Å². The van der Waals surface area contributed by atoms with Crippen molar-refractivity contribution in [2.75, 3.05) is 18.7 Å². The number of hydrogen-bond donors (Lipinski definition) is 1. The first-order valence-electron chi connectivity index (χ1n) is 9.32. The summed E-state index contributed by atoms with van der Waals surface area (Å²) >= 11 is 6.97. The zero-order valence-electron chi connectivity index (χ0n) is 17.7. The molecular weight excluding hydrogens is 507 g/mol. The normalized spacial score (nSPS) is 11.6. The van der Waals surface area contributed by atoms with Crippen LogP contribution in [0.3, 0.4) is 0 Å². The molecule has 0 unspecified atom stereocenters. The summed E-state index contributed by atoms with van der Waals surface area (Å²) in [5, 5.41) is 18.9. The van der Waals surface area contributed by atoms with Gasteiger partial charge >= 0.3 is 0 Å². The number of nitrogens with zero attached hydrogens (tertiary/aromatic N) is 3. The Bertz CT molecular complexity index is 1420. The fourth-order valence-electron chi connectivity index (χ4n) is 2.62. The molecule has 13 heteroatoms. The third-order valence-corrected chi connectivity index (χ3v) is 6.99. The van der Waals surface area contributed by atoms with Crippen LogP contribution in [0.1, 0.15) is 11.1 Å². The monoisotopic (exact) mass is 522 g/mol. The first-order valence-corrected chi connectivity index (χ1v) is 12.4. The van der Waals surface area contributed by atoms with Gasteiger partial charge in [-0.05, 0) is 29.8 Å². The van der Waals surface area contributed by atoms with E-state index in [-0.39, 0.29) is 38.2 Å². The smallest absolute Gasteiger partial charge is 0.268 e. The number of methoxy groups -OCH3 is 1. The van der Waals surface area contributed by atoms with Crippen LogP contribution in [-0.4, -0.2) is 37.9 Å². The predicted molar refractivity (Wildman–Crippen MR) is 124 cm³/mol. The second-order valence-corrected chi connectivity index (χ2v) is 10.3. The molecule has 34 heavy (non-hydrogen) atoms. The lowest BCUT2D eigenvalue weighted by Crippen LogP contribution is -2.13. The summed E-state index contributed by atoms with van der Waals surface area (Å²) in [6, 6.07) is 10.8. The highest BCUT2D eigenvalue weighted by atomic mass is 35.5. The zero-order valence-corrected chi connectivity index (χ0v) is 20.1. The van der Waals surface area contributed by atoms with Gasteiger partial charge in [0.15, 0.2) is 11.5 Å². The molecule has 1 N–H and O–H groups in total. The van der Waals surface area contributed by atoms with Gasteiger partial charge in [0.1, 0.15) is 24.1 Å². The summed E-state index contributed by atoms with van der Waals surface area (Å²) in [4.78, 5) is 12.5. The zero-order chi connectivity index (χ0) is 24.9. The van der Waals surface area contributed by atoms with Crippen LogP contribution in [0.15, 0.2) is 46.3 Å². The first kappa shape index (κ1) is 25.1. The number of nitrogens with one attached hydrogen (secondary N) is 1. The summed E-state index contributed by atoms with van der Waals surface area (Å²) in [5.41, 5.74) is 0.360. The molecule has 0 aliphatic heterocycles. The summed E-state index contributed by atoms with van der Waals surface area (Å²) in [6.45, 7) is -0.0961. The van der Waals surface area contributed by atoms with Crippen molar-refractivity contribution < 1.29 is 27.1 Å². The third-order valence-electron chi connectivity index (χ3n) is 4.20. The average molecular weight is 523 g/mol. The molecule has 0 spiro atoms. The average Bonchev–Trinajstić information content (AvgIpc) is 3.26. The van der Waals surface area contributed by atoms with E-state index in [9.17, 15) is 22.9 Å². The number of nitriles is 1. The number of carbonyl (C=O) groups is 1. The molecule has 0 aliphatic rings. The molecule has 0 saturated carbocycles. The minimum atomic E-state index is -3.58. The number of ether oxygens (including phenoxy) is 2. The van der Waals surface area contributed by atoms with E-state index in [1.807, 2.05) is 0 Å². The summed E-state index contributed by atoms with van der Waals surface area (Å²) in [6.07, 6.45) is 2.21. The van der Waals surface area contributed by atoms with E-state index in [0.29, 0.717) is 22.5 Å². The second-order valence-electron chi connectivity index (χ2n) is 6.68. The van der Waals surface area contributed by atoms with Crippen LogP contribution >= 0.6 is 22.9 Å². The van der Waals surface area contributed by atoms with Crippen molar-refractivity contribution in [3.63, 3.8) is 0 Å². The number of halogens is 2. The van der Waals surface area contributed by atoms with Gasteiger partial charge in [0.25, 0.3) is 5.91 Å². The Morgan fingerprint density at radius 1 is 1.32 bits per heavy atom. The van der Waals surface area contributed by atoms with E-state index >= 15 is 0 Å². The molecule has 2 aromatic carbocycles. The lowest BCUT2D eigenvalue weighted by atomic mass is 10.1. The fourth-order valence-corrected chi connectivity index (χ4v) is 4.40. The molecule has 0 aliphatic carbocycles. The molecule has 1 amide bonds. The van der Waals surface area contributed by atoms with Crippen LogP contribution in [0.2, 0.25) is 5.02 Å². The predicted octanol–water partition coefficient (Wildman–Crippen LogP) is 3.87. The molecule has 0 atom stereocenters. The van der Waals surface area contributed by atoms with Crippen molar-refractivity contribution in [3.05, 3.63) is 63.9 Å². The molecule has 0 fully saturated rings. The van der Waals surface area contributed by atoms with E-state index in [4.69, 9.17) is 21.1 Å². The SMILES string of the molecule is COc1cc(/C=C(/C#N)C(=O)Nc2nnc(S(C)(=O)=O)s2)cc(Cl)c1OCc1ccccc1F. The van der Waals surface area contributed by atoms with Gasteiger partial charge < -0.3 is 9.47 Å². The Hall–Kier alpha value is -3.53. The van der Waals surface area contributed by atoms with Crippen LogP contribution in [0.4, 0.5) is 9.52 Å². The summed E-state index contributed by atoms with van der Waals surface area (Å²) in [5.74, 6) is -0.890. The van der Waals surface area contributed by atoms with Crippen molar-refractivity contribution in [2.24, 2.45) is 0 Å². The van der Waals surface area contributed by atoms with Gasteiger partial charge in [0.05, 0.1) is 12.1 Å². The molecular formula is C21H16ClFN4O5S2. The van der Waals surface area contributed by atoms with E-state index in [1.165, 1.54) is 31.4 Å². The molecule has 0 bridgehead atoms. The number of aromatic nitrogens is 2. The molecule has 1 aromatic heterocycles. The maximum atomic E-state index is 13.9. The lowest BCUT2D eigenvalue weighted by Gasteiger charge is -2.14. The van der Waals surface area contributed by atoms with Crippen molar-refractivity contribution in [1.82, 2.24) is 10.2 Å². The number of benzene rings is 2. The highest BCUT2D eigenvalue weighted by molar-refractivity contribution is 7.92. The van der Waals surface area contributed by atoms with E-state index < -0.39 is 21.6 Å². The van der Waals surface area contributed by atoms with Gasteiger partial charge in [-0.3, -0.25) is 10.1 Å². The van der Waals surface area contributed by atoms with E-state index in [1.54, 1.807) is 24.3 Å². The van der Waals surface area contributed by atoms with Crippen LogP contribution < -0.4 is 14.8 Å².